The molecule has 1 fully saturated rings. The van der Waals surface area contributed by atoms with E-state index >= 15 is 0 Å². The van der Waals surface area contributed by atoms with Crippen LogP contribution >= 0.6 is 0 Å². The van der Waals surface area contributed by atoms with Crippen LogP contribution in [0.15, 0.2) is 6.20 Å². The van der Waals surface area contributed by atoms with E-state index in [1.54, 1.807) is 0 Å². The molecule has 1 aromatic rings. The molecule has 5 heteroatoms. The molecule has 0 amide bonds. The van der Waals surface area contributed by atoms with Gasteiger partial charge in [-0.15, -0.1) is 0 Å². The summed E-state index contributed by atoms with van der Waals surface area (Å²) >= 11 is 0. The number of aryl methyl sites for hydroxylation is 1. The molecule has 1 aliphatic carbocycles. The molecule has 1 saturated carbocycles. The highest BCUT2D eigenvalue weighted by atomic mass is 16.3. The second-order valence-corrected chi connectivity index (χ2v) is 5.90. The van der Waals surface area contributed by atoms with Gasteiger partial charge in [-0.25, -0.2) is 0 Å². The van der Waals surface area contributed by atoms with Gasteiger partial charge in [-0.1, -0.05) is 12.8 Å². The van der Waals surface area contributed by atoms with E-state index in [-0.39, 0.29) is 0 Å². The van der Waals surface area contributed by atoms with E-state index in [0.717, 1.165) is 30.6 Å². The summed E-state index contributed by atoms with van der Waals surface area (Å²) in [4.78, 5) is 2.05. The van der Waals surface area contributed by atoms with Crippen molar-refractivity contribution in [2.75, 3.05) is 13.6 Å². The van der Waals surface area contributed by atoms with E-state index in [1.165, 1.54) is 0 Å². The predicted molar refractivity (Wildman–Crippen MR) is 73.7 cm³/mol. The Morgan fingerprint density at radius 3 is 2.63 bits per heavy atom. The second-order valence-electron chi connectivity index (χ2n) is 5.90. The maximum atomic E-state index is 10.3. The Morgan fingerprint density at radius 1 is 1.47 bits per heavy atom. The average molecular weight is 267 g/mol. The molecule has 1 atom stereocenters. The van der Waals surface area contributed by atoms with Crippen LogP contribution in [0.4, 0.5) is 0 Å². The van der Waals surface area contributed by atoms with Crippen LogP contribution in [0, 0.1) is 6.92 Å². The number of aliphatic hydroxyl groups excluding tert-OH is 1. The molecule has 2 rings (SSSR count). The first-order valence-corrected chi connectivity index (χ1v) is 6.99. The molecule has 0 aliphatic heterocycles. The molecule has 1 heterocycles. The molecule has 1 aliphatic rings. The molecular formula is C14H25N3O2. The quantitative estimate of drug-likeness (QED) is 0.829. The van der Waals surface area contributed by atoms with E-state index in [9.17, 15) is 10.2 Å². The Morgan fingerprint density at radius 2 is 2.11 bits per heavy atom. The van der Waals surface area contributed by atoms with Crippen LogP contribution in [-0.2, 0) is 13.6 Å². The molecule has 2 N–H and O–H groups in total. The third kappa shape index (κ3) is 3.16. The Kier molecular flexibility index (Phi) is 4.28. The zero-order chi connectivity index (χ0) is 14.0. The van der Waals surface area contributed by atoms with Crippen LogP contribution in [0.3, 0.4) is 0 Å². The number of hydrogen-bond acceptors (Lipinski definition) is 4. The third-order valence-corrected chi connectivity index (χ3v) is 4.35. The van der Waals surface area contributed by atoms with E-state index in [1.807, 2.05) is 36.8 Å². The standard InChI is InChI=1S/C14H25N3O2/c1-11-12(8-15-17(11)3)9-16(2)10-13(18)14(19)6-4-5-7-14/h8,13,18-19H,4-7,9-10H2,1-3H3. The van der Waals surface area contributed by atoms with Crippen molar-refractivity contribution >= 4 is 0 Å². The van der Waals surface area contributed by atoms with Crippen LogP contribution in [0.1, 0.15) is 36.9 Å². The summed E-state index contributed by atoms with van der Waals surface area (Å²) in [6.07, 6.45) is 4.65. The zero-order valence-corrected chi connectivity index (χ0v) is 12.1. The molecule has 0 radical (unpaired) electrons. The van der Waals surface area contributed by atoms with Crippen molar-refractivity contribution in [2.45, 2.75) is 50.9 Å². The molecule has 1 unspecified atom stereocenters. The van der Waals surface area contributed by atoms with Crippen molar-refractivity contribution < 1.29 is 10.2 Å². The monoisotopic (exact) mass is 267 g/mol. The lowest BCUT2D eigenvalue weighted by atomic mass is 9.94. The van der Waals surface area contributed by atoms with E-state index in [2.05, 4.69) is 5.10 Å². The maximum absolute atomic E-state index is 10.3. The molecule has 108 valence electrons. The predicted octanol–water partition coefficient (Wildman–Crippen LogP) is 0.826. The number of likely N-dealkylation sites (N-methyl/N-ethyl adjacent to an activating group) is 1. The number of nitrogens with zero attached hydrogens (tertiary/aromatic N) is 3. The summed E-state index contributed by atoms with van der Waals surface area (Å²) in [6, 6.07) is 0. The van der Waals surface area contributed by atoms with Gasteiger partial charge in [0, 0.05) is 31.4 Å². The van der Waals surface area contributed by atoms with Crippen LogP contribution in [0.25, 0.3) is 0 Å². The summed E-state index contributed by atoms with van der Waals surface area (Å²) in [7, 11) is 3.89. The topological polar surface area (TPSA) is 61.5 Å². The van der Waals surface area contributed by atoms with Crippen molar-refractivity contribution in [3.63, 3.8) is 0 Å². The largest absolute Gasteiger partial charge is 0.389 e. The number of rotatable bonds is 5. The molecule has 5 nitrogen and oxygen atoms in total. The summed E-state index contributed by atoms with van der Waals surface area (Å²) in [5.74, 6) is 0. The van der Waals surface area contributed by atoms with E-state index in [0.29, 0.717) is 19.4 Å². The Balaban J connectivity index is 1.90. The summed E-state index contributed by atoms with van der Waals surface area (Å²) in [6.45, 7) is 3.27. The lowest BCUT2D eigenvalue weighted by molar-refractivity contribution is -0.0800. The van der Waals surface area contributed by atoms with Gasteiger partial charge in [-0.3, -0.25) is 9.58 Å². The van der Waals surface area contributed by atoms with Crippen molar-refractivity contribution in [3.05, 3.63) is 17.5 Å². The summed E-state index contributed by atoms with van der Waals surface area (Å²) in [5.41, 5.74) is 1.43. The SMILES string of the molecule is Cc1c(CN(C)CC(O)C2(O)CCCC2)cnn1C. The van der Waals surface area contributed by atoms with E-state index in [4.69, 9.17) is 0 Å². The van der Waals surface area contributed by atoms with Crippen molar-refractivity contribution in [1.82, 2.24) is 14.7 Å². The average Bonchev–Trinajstić information content (AvgIpc) is 2.92. The highest BCUT2D eigenvalue weighted by Crippen LogP contribution is 2.32. The molecule has 0 saturated heterocycles. The van der Waals surface area contributed by atoms with Gasteiger partial charge in [0.25, 0.3) is 0 Å². The lowest BCUT2D eigenvalue weighted by Gasteiger charge is -2.31. The maximum Gasteiger partial charge on any atom is 0.0953 e. The first-order chi connectivity index (χ1) is 8.92. The van der Waals surface area contributed by atoms with Gasteiger partial charge < -0.3 is 10.2 Å². The first kappa shape index (κ1) is 14.5. The van der Waals surface area contributed by atoms with Crippen molar-refractivity contribution in [2.24, 2.45) is 7.05 Å². The van der Waals surface area contributed by atoms with Gasteiger partial charge in [-0.2, -0.15) is 5.10 Å². The minimum Gasteiger partial charge on any atom is -0.389 e. The van der Waals surface area contributed by atoms with Crippen LogP contribution in [0.5, 0.6) is 0 Å². The van der Waals surface area contributed by atoms with Gasteiger partial charge >= 0.3 is 0 Å². The van der Waals surface area contributed by atoms with Crippen LogP contribution in [0.2, 0.25) is 0 Å². The Hall–Kier alpha value is -0.910. The first-order valence-electron chi connectivity index (χ1n) is 6.99. The molecule has 0 spiro atoms. The lowest BCUT2D eigenvalue weighted by Crippen LogP contribution is -2.46. The van der Waals surface area contributed by atoms with Gasteiger partial charge in [0.15, 0.2) is 0 Å². The molecule has 0 aromatic carbocycles. The number of aromatic nitrogens is 2. The summed E-state index contributed by atoms with van der Waals surface area (Å²) in [5, 5.41) is 24.8. The Labute approximate surface area is 114 Å². The van der Waals surface area contributed by atoms with Crippen molar-refractivity contribution in [1.29, 1.82) is 0 Å². The van der Waals surface area contributed by atoms with Gasteiger partial charge in [0.1, 0.15) is 0 Å². The number of aliphatic hydroxyl groups is 2. The van der Waals surface area contributed by atoms with Gasteiger partial charge in [-0.05, 0) is 26.8 Å². The highest BCUT2D eigenvalue weighted by Gasteiger charge is 2.38. The molecular weight excluding hydrogens is 242 g/mol. The van der Waals surface area contributed by atoms with E-state index < -0.39 is 11.7 Å². The van der Waals surface area contributed by atoms with Gasteiger partial charge in [0.05, 0.1) is 17.9 Å². The molecule has 1 aromatic heterocycles. The fourth-order valence-corrected chi connectivity index (χ4v) is 2.84. The zero-order valence-electron chi connectivity index (χ0n) is 12.1. The number of hydrogen-bond donors (Lipinski definition) is 2. The second kappa shape index (κ2) is 5.61. The minimum absolute atomic E-state index is 0.491. The molecule has 0 bridgehead atoms. The van der Waals surface area contributed by atoms with Crippen molar-refractivity contribution in [3.8, 4) is 0 Å². The van der Waals surface area contributed by atoms with Crippen LogP contribution < -0.4 is 0 Å². The Bertz CT molecular complexity index is 424. The highest BCUT2D eigenvalue weighted by molar-refractivity contribution is 5.15. The van der Waals surface area contributed by atoms with Gasteiger partial charge in [0.2, 0.25) is 0 Å². The molecule has 19 heavy (non-hydrogen) atoms. The third-order valence-electron chi connectivity index (χ3n) is 4.35. The normalized spacial score (nSPS) is 20.1. The van der Waals surface area contributed by atoms with Crippen LogP contribution in [-0.4, -0.2) is 50.2 Å². The fraction of sp³-hybridized carbons (Fsp3) is 0.786. The fourth-order valence-electron chi connectivity index (χ4n) is 2.84. The minimum atomic E-state index is -0.877. The smallest absolute Gasteiger partial charge is 0.0953 e. The summed E-state index contributed by atoms with van der Waals surface area (Å²) < 4.78 is 1.85.